The summed E-state index contributed by atoms with van der Waals surface area (Å²) >= 11 is 0. The molecule has 8 nitrogen and oxygen atoms in total. The quantitative estimate of drug-likeness (QED) is 0.329. The lowest BCUT2D eigenvalue weighted by atomic mass is 9.95. The summed E-state index contributed by atoms with van der Waals surface area (Å²) in [5.74, 6) is -0.914. The molecule has 2 amide bonds. The highest BCUT2D eigenvalue weighted by Crippen LogP contribution is 2.26. The van der Waals surface area contributed by atoms with Crippen molar-refractivity contribution in [1.29, 1.82) is 0 Å². The van der Waals surface area contributed by atoms with Crippen molar-refractivity contribution < 1.29 is 27.1 Å². The van der Waals surface area contributed by atoms with Crippen LogP contribution in [0.5, 0.6) is 5.75 Å². The van der Waals surface area contributed by atoms with Crippen LogP contribution < -0.4 is 14.4 Å². The van der Waals surface area contributed by atoms with Crippen molar-refractivity contribution in [2.24, 2.45) is 0 Å². The third kappa shape index (κ3) is 7.47. The number of halogens is 1. The summed E-state index contributed by atoms with van der Waals surface area (Å²) < 4.78 is 47.7. The first kappa shape index (κ1) is 31.0. The Morgan fingerprint density at radius 2 is 1.62 bits per heavy atom. The van der Waals surface area contributed by atoms with Gasteiger partial charge in [-0.2, -0.15) is 0 Å². The van der Waals surface area contributed by atoms with Gasteiger partial charge in [0.1, 0.15) is 24.2 Å². The molecule has 1 aliphatic carbocycles. The maximum atomic E-state index is 14.1. The van der Waals surface area contributed by atoms with Gasteiger partial charge in [0.2, 0.25) is 11.8 Å². The molecule has 1 saturated carbocycles. The van der Waals surface area contributed by atoms with E-state index in [9.17, 15) is 22.4 Å². The zero-order valence-corrected chi connectivity index (χ0v) is 25.1. The highest BCUT2D eigenvalue weighted by Gasteiger charge is 2.33. The number of hydrogen-bond donors (Lipinski definition) is 1. The van der Waals surface area contributed by atoms with Gasteiger partial charge in [-0.05, 0) is 86.3 Å². The van der Waals surface area contributed by atoms with Crippen LogP contribution in [0, 0.1) is 12.7 Å². The number of amides is 2. The van der Waals surface area contributed by atoms with Crippen LogP contribution in [0.3, 0.4) is 0 Å². The molecule has 0 saturated heterocycles. The number of anilines is 1. The molecule has 0 heterocycles. The smallest absolute Gasteiger partial charge is 0.264 e. The lowest BCUT2D eigenvalue weighted by Crippen LogP contribution is -2.53. The molecular formula is C32H38FN3O5S. The monoisotopic (exact) mass is 595 g/mol. The first-order chi connectivity index (χ1) is 20.1. The molecule has 1 aliphatic rings. The SMILES string of the molecule is COc1ccc(S(=O)(=O)N(CC(=O)N(Cc2ccccc2C)[C@H](C)C(=O)NC2CCCCC2)c2ccc(F)cc2)cc1. The zero-order chi connectivity index (χ0) is 30.3. The largest absolute Gasteiger partial charge is 0.497 e. The second-order valence-electron chi connectivity index (χ2n) is 10.6. The standard InChI is InChI=1S/C32H38FN3O5S/c1-23-9-7-8-10-25(23)21-35(24(2)32(38)34-27-11-5-4-6-12-27)31(37)22-36(28-15-13-26(33)14-16-28)42(39,40)30-19-17-29(41-3)18-20-30/h7-10,13-20,24,27H,4-6,11-12,21-22H2,1-3H3,(H,34,38)/t24-/m1/s1. The average molecular weight is 596 g/mol. The molecular weight excluding hydrogens is 557 g/mol. The summed E-state index contributed by atoms with van der Waals surface area (Å²) in [6.07, 6.45) is 5.01. The maximum absolute atomic E-state index is 14.1. The van der Waals surface area contributed by atoms with Crippen LogP contribution in [0.2, 0.25) is 0 Å². The van der Waals surface area contributed by atoms with E-state index in [-0.39, 0.29) is 29.1 Å². The molecule has 0 aromatic heterocycles. The molecule has 0 bridgehead atoms. The van der Waals surface area contributed by atoms with E-state index in [1.165, 1.54) is 48.4 Å². The molecule has 224 valence electrons. The predicted octanol–water partition coefficient (Wildman–Crippen LogP) is 5.20. The van der Waals surface area contributed by atoms with E-state index >= 15 is 0 Å². The number of sulfonamides is 1. The van der Waals surface area contributed by atoms with E-state index in [0.29, 0.717) is 5.75 Å². The molecule has 1 N–H and O–H groups in total. The third-order valence-electron chi connectivity index (χ3n) is 7.76. The highest BCUT2D eigenvalue weighted by molar-refractivity contribution is 7.92. The van der Waals surface area contributed by atoms with Crippen molar-refractivity contribution in [2.75, 3.05) is 18.0 Å². The molecule has 0 aliphatic heterocycles. The van der Waals surface area contributed by atoms with Gasteiger partial charge in [0.25, 0.3) is 10.0 Å². The molecule has 42 heavy (non-hydrogen) atoms. The minimum atomic E-state index is -4.26. The van der Waals surface area contributed by atoms with Crippen LogP contribution in [-0.2, 0) is 26.2 Å². The second kappa shape index (κ2) is 13.8. The number of methoxy groups -OCH3 is 1. The summed E-state index contributed by atoms with van der Waals surface area (Å²) in [4.78, 5) is 28.8. The van der Waals surface area contributed by atoms with Crippen LogP contribution in [0.4, 0.5) is 10.1 Å². The fourth-order valence-electron chi connectivity index (χ4n) is 5.13. The topological polar surface area (TPSA) is 96.0 Å². The van der Waals surface area contributed by atoms with Gasteiger partial charge in [0, 0.05) is 12.6 Å². The number of carbonyl (C=O) groups excluding carboxylic acids is 2. The van der Waals surface area contributed by atoms with Crippen LogP contribution in [0.1, 0.15) is 50.2 Å². The summed E-state index contributed by atoms with van der Waals surface area (Å²) in [7, 11) is -2.79. The normalized spacial score (nSPS) is 14.6. The molecule has 10 heteroatoms. The number of carbonyl (C=O) groups is 2. The van der Waals surface area contributed by atoms with E-state index in [1.54, 1.807) is 6.92 Å². The van der Waals surface area contributed by atoms with Crippen LogP contribution in [0.15, 0.2) is 77.7 Å². The lowest BCUT2D eigenvalue weighted by Gasteiger charge is -2.33. The fraction of sp³-hybridized carbons (Fsp3) is 0.375. The van der Waals surface area contributed by atoms with E-state index in [2.05, 4.69) is 5.32 Å². The van der Waals surface area contributed by atoms with Gasteiger partial charge in [-0.25, -0.2) is 12.8 Å². The first-order valence-corrected chi connectivity index (χ1v) is 15.6. The fourth-order valence-corrected chi connectivity index (χ4v) is 6.55. The summed E-state index contributed by atoms with van der Waals surface area (Å²) in [6, 6.07) is 17.5. The number of ether oxygens (including phenoxy) is 1. The minimum Gasteiger partial charge on any atom is -0.497 e. The van der Waals surface area contributed by atoms with Gasteiger partial charge in [-0.3, -0.25) is 13.9 Å². The van der Waals surface area contributed by atoms with Crippen molar-refractivity contribution in [3.05, 3.63) is 89.7 Å². The molecule has 0 unspecified atom stereocenters. The number of nitrogens with one attached hydrogen (secondary N) is 1. The second-order valence-corrected chi connectivity index (χ2v) is 12.5. The Morgan fingerprint density at radius 1 is 0.976 bits per heavy atom. The Balaban J connectivity index is 1.68. The summed E-state index contributed by atoms with van der Waals surface area (Å²) in [6.45, 7) is 3.11. The van der Waals surface area contributed by atoms with Crippen LogP contribution >= 0.6 is 0 Å². The van der Waals surface area contributed by atoms with Gasteiger partial charge in [-0.15, -0.1) is 0 Å². The summed E-state index contributed by atoms with van der Waals surface area (Å²) in [5, 5.41) is 3.09. The Hall–Kier alpha value is -3.92. The van der Waals surface area contributed by atoms with Gasteiger partial charge >= 0.3 is 0 Å². The van der Waals surface area contributed by atoms with Gasteiger partial charge in [-0.1, -0.05) is 43.5 Å². The van der Waals surface area contributed by atoms with Crippen LogP contribution in [0.25, 0.3) is 0 Å². The van der Waals surface area contributed by atoms with Gasteiger partial charge < -0.3 is 15.0 Å². The Bertz CT molecular complexity index is 1470. The molecule has 1 fully saturated rings. The molecule has 0 radical (unpaired) electrons. The van der Waals surface area contributed by atoms with E-state index in [0.717, 1.165) is 59.7 Å². The van der Waals surface area contributed by atoms with E-state index in [4.69, 9.17) is 4.74 Å². The van der Waals surface area contributed by atoms with Crippen molar-refractivity contribution >= 4 is 27.5 Å². The lowest BCUT2D eigenvalue weighted by molar-refractivity contribution is -0.139. The highest BCUT2D eigenvalue weighted by atomic mass is 32.2. The molecule has 3 aromatic rings. The van der Waals surface area contributed by atoms with Crippen molar-refractivity contribution in [3.8, 4) is 5.75 Å². The van der Waals surface area contributed by atoms with Crippen molar-refractivity contribution in [2.45, 2.75) is 69.5 Å². The zero-order valence-electron chi connectivity index (χ0n) is 24.3. The molecule has 3 aromatic carbocycles. The minimum absolute atomic E-state index is 0.0512. The Morgan fingerprint density at radius 3 is 2.24 bits per heavy atom. The Labute approximate surface area is 247 Å². The number of hydrogen-bond acceptors (Lipinski definition) is 5. The molecule has 1 atom stereocenters. The van der Waals surface area contributed by atoms with Crippen LogP contribution in [-0.4, -0.2) is 50.9 Å². The number of nitrogens with zero attached hydrogens (tertiary/aromatic N) is 2. The van der Waals surface area contributed by atoms with E-state index < -0.39 is 34.3 Å². The third-order valence-corrected chi connectivity index (χ3v) is 9.55. The summed E-state index contributed by atoms with van der Waals surface area (Å²) in [5.41, 5.74) is 1.90. The first-order valence-electron chi connectivity index (χ1n) is 14.2. The maximum Gasteiger partial charge on any atom is 0.264 e. The Kier molecular flexibility index (Phi) is 10.2. The predicted molar refractivity (Wildman–Crippen MR) is 160 cm³/mol. The van der Waals surface area contributed by atoms with E-state index in [1.807, 2.05) is 31.2 Å². The van der Waals surface area contributed by atoms with Gasteiger partial charge in [0.15, 0.2) is 0 Å². The average Bonchev–Trinajstić information content (AvgIpc) is 3.00. The molecule has 4 rings (SSSR count). The molecule has 0 spiro atoms. The number of aryl methyl sites for hydroxylation is 1. The number of rotatable bonds is 11. The van der Waals surface area contributed by atoms with Crippen molar-refractivity contribution in [3.63, 3.8) is 0 Å². The van der Waals surface area contributed by atoms with Crippen molar-refractivity contribution in [1.82, 2.24) is 10.2 Å². The van der Waals surface area contributed by atoms with Gasteiger partial charge in [0.05, 0.1) is 17.7 Å². The number of benzene rings is 3.